The van der Waals surface area contributed by atoms with E-state index in [9.17, 15) is 28.3 Å². The van der Waals surface area contributed by atoms with Crippen LogP contribution in [0.2, 0.25) is 0 Å². The molecule has 0 aromatic heterocycles. The van der Waals surface area contributed by atoms with Crippen molar-refractivity contribution < 1.29 is 33.0 Å². The molecule has 1 aliphatic carbocycles. The number of alkyl halides is 2. The van der Waals surface area contributed by atoms with Crippen LogP contribution in [-0.2, 0) is 14.3 Å². The highest BCUT2D eigenvalue weighted by atomic mass is 19.3. The smallest absolute Gasteiger partial charge is 0.407 e. The van der Waals surface area contributed by atoms with Gasteiger partial charge in [-0.3, -0.25) is 4.79 Å². The third kappa shape index (κ3) is 4.59. The van der Waals surface area contributed by atoms with E-state index in [-0.39, 0.29) is 31.9 Å². The van der Waals surface area contributed by atoms with E-state index in [4.69, 9.17) is 4.74 Å². The van der Waals surface area contributed by atoms with Crippen LogP contribution in [0.5, 0.6) is 0 Å². The molecule has 2 N–H and O–H groups in total. The zero-order valence-electron chi connectivity index (χ0n) is 19.4. The Balaban J connectivity index is 1.40. The van der Waals surface area contributed by atoms with E-state index in [1.54, 1.807) is 6.92 Å². The summed E-state index contributed by atoms with van der Waals surface area (Å²) in [6, 6.07) is 13.7. The average molecular weight is 487 g/mol. The lowest BCUT2D eigenvalue weighted by Crippen LogP contribution is -2.54. The van der Waals surface area contributed by atoms with Crippen molar-refractivity contribution in [3.8, 4) is 11.1 Å². The highest BCUT2D eigenvalue weighted by Gasteiger charge is 2.49. The van der Waals surface area contributed by atoms with Crippen LogP contribution in [0.1, 0.15) is 49.7 Å². The maximum absolute atomic E-state index is 13.7. The van der Waals surface area contributed by atoms with Crippen molar-refractivity contribution in [3.63, 3.8) is 0 Å². The highest BCUT2D eigenvalue weighted by Crippen LogP contribution is 2.44. The van der Waals surface area contributed by atoms with E-state index >= 15 is 0 Å². The number of amides is 2. The van der Waals surface area contributed by atoms with Crippen LogP contribution in [0.25, 0.3) is 11.1 Å². The zero-order valence-corrected chi connectivity index (χ0v) is 19.4. The lowest BCUT2D eigenvalue weighted by atomic mass is 9.92. The molecule has 2 unspecified atom stereocenters. The number of fused-ring (bicyclic) bond motifs is 3. The molecular formula is C26H28F2N2O5. The van der Waals surface area contributed by atoms with Gasteiger partial charge in [0.2, 0.25) is 5.91 Å². The highest BCUT2D eigenvalue weighted by molar-refractivity contribution is 5.88. The summed E-state index contributed by atoms with van der Waals surface area (Å²) in [5.74, 6) is -2.11. The second-order valence-corrected chi connectivity index (χ2v) is 8.95. The minimum atomic E-state index is -3.03. The molecule has 4 rings (SSSR count). The summed E-state index contributed by atoms with van der Waals surface area (Å²) in [5, 5.41) is 11.8. The van der Waals surface area contributed by atoms with Gasteiger partial charge in [0.15, 0.2) is 0 Å². The van der Waals surface area contributed by atoms with Crippen LogP contribution in [-0.4, -0.2) is 59.1 Å². The standard InChI is InChI=1S/C26H28F2N2O5/c1-2-26(24(32)33)12-7-13-30(26)22(31)14-21(23(27)28)29-25(34)35-15-20-18-10-5-3-8-16(18)17-9-4-6-11-19(17)20/h3-6,8-11,20-21,23H,2,7,12-15H2,1H3,(H,29,34)(H,32,33). The molecule has 1 heterocycles. The van der Waals surface area contributed by atoms with Gasteiger partial charge in [-0.25, -0.2) is 18.4 Å². The number of halogens is 2. The van der Waals surface area contributed by atoms with Gasteiger partial charge in [-0.1, -0.05) is 55.5 Å². The number of nitrogens with one attached hydrogen (secondary N) is 1. The third-order valence-corrected chi connectivity index (χ3v) is 7.12. The summed E-state index contributed by atoms with van der Waals surface area (Å²) in [7, 11) is 0. The second kappa shape index (κ2) is 10.0. The van der Waals surface area contributed by atoms with Crippen molar-refractivity contribution in [2.45, 2.75) is 56.5 Å². The van der Waals surface area contributed by atoms with Crippen LogP contribution in [0, 0.1) is 0 Å². The number of carboxylic acid groups (broad SMARTS) is 1. The number of aliphatic carboxylic acids is 1. The lowest BCUT2D eigenvalue weighted by molar-refractivity contribution is -0.157. The molecular weight excluding hydrogens is 458 g/mol. The first-order chi connectivity index (χ1) is 16.8. The van der Waals surface area contributed by atoms with Crippen molar-refractivity contribution in [1.29, 1.82) is 0 Å². The van der Waals surface area contributed by atoms with Gasteiger partial charge in [0.05, 0.1) is 6.42 Å². The van der Waals surface area contributed by atoms with Gasteiger partial charge in [-0.05, 0) is 41.5 Å². The summed E-state index contributed by atoms with van der Waals surface area (Å²) in [6.07, 6.45) is -3.87. The van der Waals surface area contributed by atoms with Crippen LogP contribution in [0.15, 0.2) is 48.5 Å². The zero-order chi connectivity index (χ0) is 25.2. The minimum Gasteiger partial charge on any atom is -0.479 e. The van der Waals surface area contributed by atoms with Gasteiger partial charge >= 0.3 is 12.1 Å². The largest absolute Gasteiger partial charge is 0.479 e. The normalized spacial score (nSPS) is 19.8. The fraction of sp³-hybridized carbons (Fsp3) is 0.423. The van der Waals surface area contributed by atoms with E-state index < -0.39 is 42.4 Å². The lowest BCUT2D eigenvalue weighted by Gasteiger charge is -2.34. The first-order valence-corrected chi connectivity index (χ1v) is 11.7. The molecule has 1 fully saturated rings. The maximum Gasteiger partial charge on any atom is 0.407 e. The van der Waals surface area contributed by atoms with Crippen molar-refractivity contribution in [2.24, 2.45) is 0 Å². The number of nitrogens with zero attached hydrogens (tertiary/aromatic N) is 1. The SMILES string of the molecule is CCC1(C(=O)O)CCCN1C(=O)CC(NC(=O)OCC1c2ccccc2-c2ccccc21)C(F)F. The van der Waals surface area contributed by atoms with Gasteiger partial charge < -0.3 is 20.1 Å². The number of hydrogen-bond donors (Lipinski definition) is 2. The van der Waals surface area contributed by atoms with Gasteiger partial charge in [-0.2, -0.15) is 0 Å². The van der Waals surface area contributed by atoms with Crippen molar-refractivity contribution in [1.82, 2.24) is 10.2 Å². The Kier molecular flexibility index (Phi) is 7.05. The fourth-order valence-electron chi connectivity index (χ4n) is 5.28. The van der Waals surface area contributed by atoms with E-state index in [1.807, 2.05) is 48.5 Å². The Bertz CT molecular complexity index is 1080. The van der Waals surface area contributed by atoms with Crippen molar-refractivity contribution >= 4 is 18.0 Å². The number of rotatable bonds is 8. The van der Waals surface area contributed by atoms with Crippen LogP contribution >= 0.6 is 0 Å². The quantitative estimate of drug-likeness (QED) is 0.577. The molecule has 186 valence electrons. The molecule has 2 amide bonds. The summed E-state index contributed by atoms with van der Waals surface area (Å²) in [5.41, 5.74) is 2.66. The Morgan fingerprint density at radius 3 is 2.26 bits per heavy atom. The van der Waals surface area contributed by atoms with E-state index in [1.165, 1.54) is 0 Å². The number of carbonyl (C=O) groups excluding carboxylic acids is 2. The van der Waals surface area contributed by atoms with E-state index in [0.29, 0.717) is 6.42 Å². The van der Waals surface area contributed by atoms with Gasteiger partial charge in [0, 0.05) is 12.5 Å². The molecule has 9 heteroatoms. The number of benzene rings is 2. The summed E-state index contributed by atoms with van der Waals surface area (Å²) in [6.45, 7) is 1.78. The minimum absolute atomic E-state index is 0.0478. The molecule has 7 nitrogen and oxygen atoms in total. The number of ether oxygens (including phenoxy) is 1. The van der Waals surface area contributed by atoms with Gasteiger partial charge in [-0.15, -0.1) is 0 Å². The molecule has 2 aliphatic rings. The third-order valence-electron chi connectivity index (χ3n) is 7.12. The molecule has 0 bridgehead atoms. The van der Waals surface area contributed by atoms with E-state index in [2.05, 4.69) is 5.32 Å². The molecule has 1 saturated heterocycles. The van der Waals surface area contributed by atoms with Crippen molar-refractivity contribution in [2.75, 3.05) is 13.2 Å². The topological polar surface area (TPSA) is 95.9 Å². The molecule has 1 aliphatic heterocycles. The predicted octanol–water partition coefficient (Wildman–Crippen LogP) is 4.40. The number of likely N-dealkylation sites (tertiary alicyclic amines) is 1. The number of alkyl carbamates (subject to hydrolysis) is 1. The van der Waals surface area contributed by atoms with Gasteiger partial charge in [0.1, 0.15) is 18.2 Å². The number of hydrogen-bond acceptors (Lipinski definition) is 4. The predicted molar refractivity (Wildman–Crippen MR) is 124 cm³/mol. The Morgan fingerprint density at radius 2 is 1.71 bits per heavy atom. The number of carboxylic acids is 1. The van der Waals surface area contributed by atoms with Crippen molar-refractivity contribution in [3.05, 3.63) is 59.7 Å². The average Bonchev–Trinajstić information content (AvgIpc) is 3.43. The summed E-state index contributed by atoms with van der Waals surface area (Å²) in [4.78, 5) is 38.2. The first kappa shape index (κ1) is 24.6. The molecule has 0 radical (unpaired) electrons. The molecule has 2 aromatic rings. The van der Waals surface area contributed by atoms with Gasteiger partial charge in [0.25, 0.3) is 6.43 Å². The monoisotopic (exact) mass is 486 g/mol. The van der Waals surface area contributed by atoms with Crippen LogP contribution in [0.4, 0.5) is 13.6 Å². The molecule has 0 spiro atoms. The van der Waals surface area contributed by atoms with E-state index in [0.717, 1.165) is 27.2 Å². The second-order valence-electron chi connectivity index (χ2n) is 8.95. The van der Waals surface area contributed by atoms with Crippen LogP contribution < -0.4 is 5.32 Å². The van der Waals surface area contributed by atoms with Crippen LogP contribution in [0.3, 0.4) is 0 Å². The first-order valence-electron chi connectivity index (χ1n) is 11.7. The summed E-state index contributed by atoms with van der Waals surface area (Å²) >= 11 is 0. The Hall–Kier alpha value is -3.49. The molecule has 2 aromatic carbocycles. The Morgan fingerprint density at radius 1 is 1.11 bits per heavy atom. The molecule has 0 saturated carbocycles. The molecule has 35 heavy (non-hydrogen) atoms. The Labute approximate surface area is 202 Å². The summed E-state index contributed by atoms with van der Waals surface area (Å²) < 4.78 is 32.8. The fourth-order valence-corrected chi connectivity index (χ4v) is 5.28. The number of carbonyl (C=O) groups is 3. The maximum atomic E-state index is 13.7. The molecule has 2 atom stereocenters.